The Bertz CT molecular complexity index is 1070. The van der Waals surface area contributed by atoms with Crippen LogP contribution in [-0.2, 0) is 29.3 Å². The van der Waals surface area contributed by atoms with Crippen LogP contribution in [0.4, 0.5) is 4.79 Å². The predicted octanol–water partition coefficient (Wildman–Crippen LogP) is -0.347. The summed E-state index contributed by atoms with van der Waals surface area (Å²) in [6.45, 7) is -0.468. The molecule has 4 unspecified atom stereocenters. The van der Waals surface area contributed by atoms with Crippen LogP contribution in [0.5, 0.6) is 0 Å². The van der Waals surface area contributed by atoms with Gasteiger partial charge >= 0.3 is 16.3 Å². The quantitative estimate of drug-likeness (QED) is 0.321. The number of allylic oxidation sites excluding steroid dienone is 1. The summed E-state index contributed by atoms with van der Waals surface area (Å²) < 4.78 is 32.5. The van der Waals surface area contributed by atoms with Crippen LogP contribution in [0.15, 0.2) is 12.2 Å². The van der Waals surface area contributed by atoms with Crippen LogP contribution in [0.2, 0.25) is 0 Å². The molecule has 13 nitrogen and oxygen atoms in total. The molecule has 1 saturated heterocycles. The van der Waals surface area contributed by atoms with Crippen molar-refractivity contribution in [2.75, 3.05) is 20.1 Å². The van der Waals surface area contributed by atoms with Gasteiger partial charge in [-0.15, -0.1) is 0 Å². The number of ether oxygens (including phenoxy) is 1. The molecule has 3 aliphatic rings. The lowest BCUT2D eigenvalue weighted by molar-refractivity contribution is -0.146. The van der Waals surface area contributed by atoms with Crippen molar-refractivity contribution in [3.63, 3.8) is 0 Å². The standard InChI is InChI=1S/C22H32N6O7S/c1-25-36(33,34)28(13-11-23)20(31)22-14-15(22)8-5-3-2-4-6-10-17(35-21(24)32)19(30)27-12-7-9-16(27)18(29)26-22/h5,8,15-17,25H,2-4,6-7,9-10,12-14H2,1H3,(H2,24,32)(H,26,29)/b8-5+. The molecule has 1 saturated carbocycles. The Labute approximate surface area is 210 Å². The van der Waals surface area contributed by atoms with Crippen LogP contribution in [0, 0.1) is 17.2 Å². The molecule has 0 aromatic carbocycles. The van der Waals surface area contributed by atoms with Crippen molar-refractivity contribution in [2.24, 2.45) is 11.7 Å². The highest BCUT2D eigenvalue weighted by atomic mass is 32.2. The van der Waals surface area contributed by atoms with E-state index >= 15 is 0 Å². The third-order valence-corrected chi connectivity index (χ3v) is 8.20. The maximum absolute atomic E-state index is 13.5. The van der Waals surface area contributed by atoms with Crippen molar-refractivity contribution in [1.29, 1.82) is 5.26 Å². The summed E-state index contributed by atoms with van der Waals surface area (Å²) in [5.41, 5.74) is 3.61. The highest BCUT2D eigenvalue weighted by Gasteiger charge is 2.63. The lowest BCUT2D eigenvalue weighted by Crippen LogP contribution is -2.59. The summed E-state index contributed by atoms with van der Waals surface area (Å²) in [6, 6.07) is 0.751. The van der Waals surface area contributed by atoms with Gasteiger partial charge in [0.05, 0.1) is 6.07 Å². The van der Waals surface area contributed by atoms with Crippen molar-refractivity contribution >= 4 is 34.0 Å². The summed E-state index contributed by atoms with van der Waals surface area (Å²) >= 11 is 0. The second kappa shape index (κ2) is 11.3. The lowest BCUT2D eigenvalue weighted by Gasteiger charge is -2.30. The van der Waals surface area contributed by atoms with Gasteiger partial charge in [0.15, 0.2) is 6.10 Å². The van der Waals surface area contributed by atoms with Crippen LogP contribution >= 0.6 is 0 Å². The smallest absolute Gasteiger partial charge is 0.405 e. The molecule has 36 heavy (non-hydrogen) atoms. The monoisotopic (exact) mass is 524 g/mol. The minimum Gasteiger partial charge on any atom is -0.436 e. The number of carbonyl (C=O) groups is 4. The number of rotatable bonds is 5. The topological polar surface area (TPSA) is 192 Å². The second-order valence-electron chi connectivity index (χ2n) is 9.13. The van der Waals surface area contributed by atoms with Crippen molar-refractivity contribution in [1.82, 2.24) is 19.2 Å². The zero-order valence-electron chi connectivity index (χ0n) is 20.1. The molecule has 2 heterocycles. The molecule has 1 aliphatic carbocycles. The second-order valence-corrected chi connectivity index (χ2v) is 10.9. The van der Waals surface area contributed by atoms with Crippen molar-refractivity contribution in [3.8, 4) is 6.07 Å². The Kier molecular flexibility index (Phi) is 8.57. The van der Waals surface area contributed by atoms with E-state index in [2.05, 4.69) is 5.32 Å². The maximum Gasteiger partial charge on any atom is 0.405 e. The van der Waals surface area contributed by atoms with E-state index in [-0.39, 0.29) is 19.4 Å². The molecule has 198 valence electrons. The maximum atomic E-state index is 13.5. The third-order valence-electron chi connectivity index (χ3n) is 6.81. The van der Waals surface area contributed by atoms with Gasteiger partial charge in [-0.05, 0) is 44.9 Å². The Balaban J connectivity index is 1.94. The number of nitrogens with one attached hydrogen (secondary N) is 2. The third kappa shape index (κ3) is 5.79. The van der Waals surface area contributed by atoms with Gasteiger partial charge in [0.1, 0.15) is 18.1 Å². The largest absolute Gasteiger partial charge is 0.436 e. The van der Waals surface area contributed by atoms with Crippen molar-refractivity contribution < 1.29 is 32.3 Å². The normalized spacial score (nSPS) is 29.9. The number of nitrogens with two attached hydrogens (primary N) is 1. The number of fused-ring (bicyclic) bond motifs is 2. The minimum atomic E-state index is -4.30. The number of amides is 4. The zero-order chi connectivity index (χ0) is 26.5. The van der Waals surface area contributed by atoms with E-state index in [1.165, 1.54) is 4.90 Å². The fourth-order valence-corrected chi connectivity index (χ4v) is 5.65. The van der Waals surface area contributed by atoms with Gasteiger partial charge < -0.3 is 20.7 Å². The minimum absolute atomic E-state index is 0.156. The molecule has 4 amide bonds. The lowest BCUT2D eigenvalue weighted by atomic mass is 10.1. The molecule has 0 radical (unpaired) electrons. The molecule has 3 rings (SSSR count). The van der Waals surface area contributed by atoms with E-state index in [0.29, 0.717) is 30.0 Å². The van der Waals surface area contributed by atoms with Crippen molar-refractivity contribution in [3.05, 3.63) is 12.2 Å². The summed E-state index contributed by atoms with van der Waals surface area (Å²) in [4.78, 5) is 52.8. The van der Waals surface area contributed by atoms with Crippen LogP contribution in [0.25, 0.3) is 0 Å². The summed E-state index contributed by atoms with van der Waals surface area (Å²) in [5.74, 6) is -2.53. The van der Waals surface area contributed by atoms with Gasteiger partial charge in [0.2, 0.25) is 5.91 Å². The highest BCUT2D eigenvalue weighted by molar-refractivity contribution is 7.87. The first-order chi connectivity index (χ1) is 17.1. The molecule has 14 heteroatoms. The van der Waals surface area contributed by atoms with Gasteiger partial charge in [-0.1, -0.05) is 18.6 Å². The Morgan fingerprint density at radius 2 is 2.06 bits per heavy atom. The fraction of sp³-hybridized carbons (Fsp3) is 0.682. The molecule has 0 spiro atoms. The average Bonchev–Trinajstić information content (AvgIpc) is 3.29. The van der Waals surface area contributed by atoms with Gasteiger partial charge in [-0.25, -0.2) is 13.8 Å². The number of nitriles is 1. The predicted molar refractivity (Wildman–Crippen MR) is 126 cm³/mol. The van der Waals surface area contributed by atoms with Gasteiger partial charge in [0.25, 0.3) is 11.8 Å². The molecule has 0 aromatic rings. The van der Waals surface area contributed by atoms with E-state index in [4.69, 9.17) is 15.7 Å². The number of hydrogen-bond donors (Lipinski definition) is 3. The Morgan fingerprint density at radius 1 is 1.31 bits per heavy atom. The first-order valence-corrected chi connectivity index (χ1v) is 13.4. The van der Waals surface area contributed by atoms with E-state index < -0.39 is 64.2 Å². The number of nitrogens with zero attached hydrogens (tertiary/aromatic N) is 3. The molecule has 0 bridgehead atoms. The molecule has 4 N–H and O–H groups in total. The van der Waals surface area contributed by atoms with Crippen LogP contribution in [0.1, 0.15) is 51.4 Å². The summed E-state index contributed by atoms with van der Waals surface area (Å²) in [6.07, 6.45) is 5.52. The first kappa shape index (κ1) is 27.4. The molecule has 0 aromatic heterocycles. The molecular weight excluding hydrogens is 492 g/mol. The number of hydrogen-bond acceptors (Lipinski definition) is 8. The first-order valence-electron chi connectivity index (χ1n) is 11.9. The van der Waals surface area contributed by atoms with Gasteiger partial charge in [-0.2, -0.15) is 13.7 Å². The highest BCUT2D eigenvalue weighted by Crippen LogP contribution is 2.47. The van der Waals surface area contributed by atoms with Gasteiger partial charge in [-0.3, -0.25) is 14.4 Å². The van der Waals surface area contributed by atoms with E-state index in [1.54, 1.807) is 12.1 Å². The average molecular weight is 525 g/mol. The van der Waals surface area contributed by atoms with Gasteiger partial charge in [0, 0.05) is 19.5 Å². The van der Waals surface area contributed by atoms with E-state index in [9.17, 15) is 27.6 Å². The van der Waals surface area contributed by atoms with Crippen LogP contribution in [0.3, 0.4) is 0 Å². The van der Waals surface area contributed by atoms with Crippen LogP contribution in [-0.4, -0.2) is 79.3 Å². The number of carbonyl (C=O) groups excluding carboxylic acids is 4. The summed E-state index contributed by atoms with van der Waals surface area (Å²) in [7, 11) is -3.18. The van der Waals surface area contributed by atoms with E-state index in [0.717, 1.165) is 19.9 Å². The molecular formula is C22H32N6O7S. The van der Waals surface area contributed by atoms with Crippen LogP contribution < -0.4 is 15.8 Å². The molecule has 2 aliphatic heterocycles. The van der Waals surface area contributed by atoms with Crippen molar-refractivity contribution in [2.45, 2.75) is 69.1 Å². The molecule has 4 atom stereocenters. The SMILES string of the molecule is CNS(=O)(=O)N(CC#N)C(=O)C12CC1/C=C/CCCCCC(OC(N)=O)C(=O)N1CCCC1C(=O)N2. The summed E-state index contributed by atoms with van der Waals surface area (Å²) in [5, 5.41) is 11.9. The van der Waals surface area contributed by atoms with E-state index in [1.807, 2.05) is 10.8 Å². The Morgan fingerprint density at radius 3 is 2.72 bits per heavy atom. The number of primary amides is 1. The molecule has 2 fully saturated rings. The fourth-order valence-electron chi connectivity index (χ4n) is 4.82. The zero-order valence-corrected chi connectivity index (χ0v) is 21.0. The Hall–Kier alpha value is -3.18.